The molecule has 142 valence electrons. The van der Waals surface area contributed by atoms with Crippen LogP contribution in [0.25, 0.3) is 0 Å². The number of rotatable bonds is 4. The summed E-state index contributed by atoms with van der Waals surface area (Å²) in [5.41, 5.74) is 3.82. The summed E-state index contributed by atoms with van der Waals surface area (Å²) in [5, 5.41) is 3.83. The number of para-hydroxylation sites is 1. The van der Waals surface area contributed by atoms with Gasteiger partial charge in [0.15, 0.2) is 16.6 Å². The van der Waals surface area contributed by atoms with Crippen molar-refractivity contribution < 1.29 is 13.9 Å². The Labute approximate surface area is 168 Å². The van der Waals surface area contributed by atoms with Crippen LogP contribution in [-0.2, 0) is 6.54 Å². The van der Waals surface area contributed by atoms with E-state index in [0.717, 1.165) is 28.3 Å². The summed E-state index contributed by atoms with van der Waals surface area (Å²) in [6.45, 7) is 2.75. The molecular weight excluding hydrogens is 375 g/mol. The highest BCUT2D eigenvalue weighted by Crippen LogP contribution is 2.33. The third kappa shape index (κ3) is 3.92. The number of hydrogen-bond donors (Lipinski definition) is 1. The summed E-state index contributed by atoms with van der Waals surface area (Å²) in [6, 6.07) is 20.0. The van der Waals surface area contributed by atoms with Crippen LogP contribution >= 0.6 is 12.2 Å². The molecule has 0 fully saturated rings. The zero-order valence-corrected chi connectivity index (χ0v) is 16.1. The molecule has 4 nitrogen and oxygen atoms in total. The molecule has 6 heteroatoms. The van der Waals surface area contributed by atoms with E-state index >= 15 is 0 Å². The van der Waals surface area contributed by atoms with Crippen molar-refractivity contribution in [3.63, 3.8) is 0 Å². The van der Waals surface area contributed by atoms with Crippen molar-refractivity contribution in [2.75, 3.05) is 17.0 Å². The van der Waals surface area contributed by atoms with Gasteiger partial charge in [-0.15, -0.1) is 0 Å². The first-order valence-corrected chi connectivity index (χ1v) is 9.29. The number of nitrogens with one attached hydrogen (secondary N) is 1. The van der Waals surface area contributed by atoms with Crippen molar-refractivity contribution in [1.29, 1.82) is 0 Å². The number of ether oxygens (including phenoxy) is 2. The molecule has 0 amide bonds. The molecule has 0 radical (unpaired) electrons. The minimum atomic E-state index is -0.287. The largest absolute Gasteiger partial charge is 0.454 e. The Bertz CT molecular complexity index is 1010. The van der Waals surface area contributed by atoms with E-state index in [1.807, 2.05) is 54.3 Å². The van der Waals surface area contributed by atoms with Gasteiger partial charge in [0, 0.05) is 11.4 Å². The first-order chi connectivity index (χ1) is 13.6. The molecule has 1 N–H and O–H groups in total. The normalized spacial score (nSPS) is 11.9. The fourth-order valence-corrected chi connectivity index (χ4v) is 3.30. The van der Waals surface area contributed by atoms with Gasteiger partial charge in [-0.25, -0.2) is 4.39 Å². The van der Waals surface area contributed by atoms with Crippen molar-refractivity contribution in [2.45, 2.75) is 13.5 Å². The number of aryl methyl sites for hydroxylation is 1. The molecule has 0 atom stereocenters. The fraction of sp³-hybridized carbons (Fsp3) is 0.136. The number of anilines is 2. The van der Waals surface area contributed by atoms with Gasteiger partial charge < -0.3 is 19.7 Å². The summed E-state index contributed by atoms with van der Waals surface area (Å²) < 4.78 is 24.3. The van der Waals surface area contributed by atoms with E-state index in [0.29, 0.717) is 17.4 Å². The molecule has 0 unspecified atom stereocenters. The zero-order valence-electron chi connectivity index (χ0n) is 15.3. The topological polar surface area (TPSA) is 33.7 Å². The molecule has 0 aliphatic carbocycles. The molecule has 0 saturated carbocycles. The van der Waals surface area contributed by atoms with E-state index in [9.17, 15) is 4.39 Å². The van der Waals surface area contributed by atoms with Gasteiger partial charge in [-0.2, -0.15) is 0 Å². The van der Waals surface area contributed by atoms with Crippen molar-refractivity contribution in [2.24, 2.45) is 0 Å². The Morgan fingerprint density at radius 3 is 2.57 bits per heavy atom. The Morgan fingerprint density at radius 1 is 1.04 bits per heavy atom. The summed E-state index contributed by atoms with van der Waals surface area (Å²) in [7, 11) is 0. The van der Waals surface area contributed by atoms with Crippen molar-refractivity contribution in [3.05, 3.63) is 83.7 Å². The highest BCUT2D eigenvalue weighted by Gasteiger charge is 2.18. The third-order valence-corrected chi connectivity index (χ3v) is 4.87. The minimum absolute atomic E-state index is 0.230. The monoisotopic (exact) mass is 394 g/mol. The molecule has 0 aromatic heterocycles. The lowest BCUT2D eigenvalue weighted by Crippen LogP contribution is -2.34. The zero-order chi connectivity index (χ0) is 19.5. The average Bonchev–Trinajstić information content (AvgIpc) is 3.16. The van der Waals surface area contributed by atoms with Gasteiger partial charge in [0.25, 0.3) is 0 Å². The van der Waals surface area contributed by atoms with E-state index in [-0.39, 0.29) is 12.6 Å². The Morgan fingerprint density at radius 2 is 1.79 bits per heavy atom. The summed E-state index contributed by atoms with van der Waals surface area (Å²) in [4.78, 5) is 1.93. The average molecular weight is 394 g/mol. The molecule has 1 aliphatic heterocycles. The number of benzene rings is 3. The Kier molecular flexibility index (Phi) is 5.12. The van der Waals surface area contributed by atoms with Crippen LogP contribution in [0.3, 0.4) is 0 Å². The van der Waals surface area contributed by atoms with Crippen molar-refractivity contribution >= 4 is 28.7 Å². The van der Waals surface area contributed by atoms with E-state index in [2.05, 4.69) is 5.32 Å². The molecule has 0 saturated heterocycles. The second kappa shape index (κ2) is 7.86. The maximum atomic E-state index is 13.4. The van der Waals surface area contributed by atoms with Crippen molar-refractivity contribution in [3.8, 4) is 11.5 Å². The van der Waals surface area contributed by atoms with Gasteiger partial charge in [0.1, 0.15) is 5.82 Å². The van der Waals surface area contributed by atoms with Gasteiger partial charge in [0.05, 0.1) is 6.54 Å². The molecule has 3 aromatic carbocycles. The van der Waals surface area contributed by atoms with Crippen LogP contribution in [0.4, 0.5) is 15.8 Å². The molecule has 3 aromatic rings. The Balaban J connectivity index is 1.62. The molecule has 1 aliphatic rings. The summed E-state index contributed by atoms with van der Waals surface area (Å²) in [6.07, 6.45) is 0. The first kappa shape index (κ1) is 18.3. The van der Waals surface area contributed by atoms with Crippen molar-refractivity contribution in [1.82, 2.24) is 0 Å². The standard InChI is InChI=1S/C22H19FN2O2S/c1-15-4-2-3-5-19(15)24-22(28)25(18-9-7-17(23)8-10-18)13-16-6-11-20-21(12-16)27-14-26-20/h2-12H,13-14H2,1H3,(H,24,28). The summed E-state index contributed by atoms with van der Waals surface area (Å²) >= 11 is 5.70. The highest BCUT2D eigenvalue weighted by atomic mass is 32.1. The van der Waals surface area contributed by atoms with Gasteiger partial charge in [-0.3, -0.25) is 0 Å². The second-order valence-corrected chi connectivity index (χ2v) is 6.88. The highest BCUT2D eigenvalue weighted by molar-refractivity contribution is 7.80. The molecule has 4 rings (SSSR count). The lowest BCUT2D eigenvalue weighted by atomic mass is 10.1. The van der Waals surface area contributed by atoms with Crippen LogP contribution in [-0.4, -0.2) is 11.9 Å². The predicted octanol–water partition coefficient (Wildman–Crippen LogP) is 5.27. The number of halogens is 1. The SMILES string of the molecule is Cc1ccccc1NC(=S)N(Cc1ccc2c(c1)OCO2)c1ccc(F)cc1. The smallest absolute Gasteiger partial charge is 0.231 e. The quantitative estimate of drug-likeness (QED) is 0.610. The van der Waals surface area contributed by atoms with Gasteiger partial charge in [-0.05, 0) is 72.7 Å². The molecule has 28 heavy (non-hydrogen) atoms. The number of thiocarbonyl (C=S) groups is 1. The van der Waals surface area contributed by atoms with E-state index in [1.54, 1.807) is 12.1 Å². The molecular formula is C22H19FN2O2S. The van der Waals surface area contributed by atoms with Crippen LogP contribution in [0, 0.1) is 12.7 Å². The van der Waals surface area contributed by atoms with Gasteiger partial charge >= 0.3 is 0 Å². The lowest BCUT2D eigenvalue weighted by molar-refractivity contribution is 0.174. The maximum absolute atomic E-state index is 13.4. The first-order valence-electron chi connectivity index (χ1n) is 8.88. The molecule has 0 spiro atoms. The summed E-state index contributed by atoms with van der Waals surface area (Å²) in [5.74, 6) is 1.16. The third-order valence-electron chi connectivity index (χ3n) is 4.55. The van der Waals surface area contributed by atoms with E-state index < -0.39 is 0 Å². The Hall–Kier alpha value is -3.12. The van der Waals surface area contributed by atoms with Gasteiger partial charge in [0.2, 0.25) is 6.79 Å². The van der Waals surface area contributed by atoms with Crippen LogP contribution in [0.15, 0.2) is 66.7 Å². The predicted molar refractivity (Wildman–Crippen MR) is 113 cm³/mol. The van der Waals surface area contributed by atoms with Crippen LogP contribution in [0.5, 0.6) is 11.5 Å². The maximum Gasteiger partial charge on any atom is 0.231 e. The van der Waals surface area contributed by atoms with Crippen LogP contribution in [0.2, 0.25) is 0 Å². The minimum Gasteiger partial charge on any atom is -0.454 e. The number of hydrogen-bond acceptors (Lipinski definition) is 3. The number of fused-ring (bicyclic) bond motifs is 1. The van der Waals surface area contributed by atoms with E-state index in [1.165, 1.54) is 12.1 Å². The van der Waals surface area contributed by atoms with Gasteiger partial charge in [-0.1, -0.05) is 24.3 Å². The molecule has 0 bridgehead atoms. The molecule has 1 heterocycles. The van der Waals surface area contributed by atoms with Crippen LogP contribution < -0.4 is 19.7 Å². The number of nitrogens with zero attached hydrogens (tertiary/aromatic N) is 1. The lowest BCUT2D eigenvalue weighted by Gasteiger charge is -2.27. The van der Waals surface area contributed by atoms with Crippen LogP contribution in [0.1, 0.15) is 11.1 Å². The van der Waals surface area contributed by atoms with E-state index in [4.69, 9.17) is 21.7 Å². The fourth-order valence-electron chi connectivity index (χ4n) is 3.02. The second-order valence-electron chi connectivity index (χ2n) is 6.50.